The van der Waals surface area contributed by atoms with Crippen LogP contribution >= 0.6 is 24.0 Å². The van der Waals surface area contributed by atoms with Crippen molar-refractivity contribution in [1.29, 1.82) is 0 Å². The monoisotopic (exact) mass is 440 g/mol. The minimum atomic E-state index is -0.206. The number of nitrogens with zero attached hydrogens (tertiary/aromatic N) is 3. The van der Waals surface area contributed by atoms with Crippen molar-refractivity contribution in [3.63, 3.8) is 0 Å². The van der Waals surface area contributed by atoms with Crippen molar-refractivity contribution in [3.8, 4) is 0 Å². The van der Waals surface area contributed by atoms with E-state index in [1.165, 1.54) is 40.3 Å². The molecule has 1 aliphatic heterocycles. The van der Waals surface area contributed by atoms with E-state index in [0.717, 1.165) is 18.4 Å². The number of hydrogen-bond donors (Lipinski definition) is 1. The van der Waals surface area contributed by atoms with Gasteiger partial charge in [-0.1, -0.05) is 55.4 Å². The van der Waals surface area contributed by atoms with Crippen LogP contribution in [0.1, 0.15) is 43.2 Å². The number of amides is 1. The molecule has 2 fully saturated rings. The summed E-state index contributed by atoms with van der Waals surface area (Å²) in [7, 11) is 0. The van der Waals surface area contributed by atoms with Gasteiger partial charge in [-0.2, -0.15) is 0 Å². The second kappa shape index (κ2) is 8.73. The lowest BCUT2D eigenvalue weighted by atomic mass is 9.95. The Morgan fingerprint density at radius 3 is 2.80 bits per heavy atom. The fourth-order valence-corrected chi connectivity index (χ4v) is 5.11. The van der Waals surface area contributed by atoms with Crippen molar-refractivity contribution in [2.75, 3.05) is 11.9 Å². The van der Waals surface area contributed by atoms with Crippen LogP contribution in [0.3, 0.4) is 0 Å². The van der Waals surface area contributed by atoms with Gasteiger partial charge in [0.25, 0.3) is 11.5 Å². The smallest absolute Gasteiger partial charge is 0.267 e. The fraction of sp³-hybridized carbons (Fsp3) is 0.364. The number of thiocarbonyl (C=S) groups is 1. The van der Waals surface area contributed by atoms with E-state index in [9.17, 15) is 9.59 Å². The molecule has 1 amide bonds. The normalized spacial score (nSPS) is 19.1. The summed E-state index contributed by atoms with van der Waals surface area (Å²) in [5, 5.41) is 3.48. The maximum atomic E-state index is 13.4. The molecular formula is C22H24N4O2S2. The molecular weight excluding hydrogens is 416 g/mol. The minimum absolute atomic E-state index is 0.198. The lowest BCUT2D eigenvalue weighted by Gasteiger charge is -2.24. The SMILES string of the molecule is C=CCN1C(=O)/C(=C\c2c(NC3CCCCC3)nc3ccc(C)cn3c2=O)SC1=S. The van der Waals surface area contributed by atoms with Gasteiger partial charge in [-0.3, -0.25) is 18.9 Å². The Labute approximate surface area is 185 Å². The summed E-state index contributed by atoms with van der Waals surface area (Å²) in [6.07, 6.45) is 10.7. The molecule has 1 saturated heterocycles. The number of carbonyl (C=O) groups excluding carboxylic acids is 1. The number of pyridine rings is 1. The molecule has 156 valence electrons. The molecule has 3 heterocycles. The molecule has 6 nitrogen and oxygen atoms in total. The van der Waals surface area contributed by atoms with Crippen LogP contribution in [0.4, 0.5) is 5.82 Å². The second-order valence-electron chi connectivity index (χ2n) is 7.67. The predicted molar refractivity (Wildman–Crippen MR) is 127 cm³/mol. The highest BCUT2D eigenvalue weighted by Crippen LogP contribution is 2.33. The molecule has 2 aromatic heterocycles. The fourth-order valence-electron chi connectivity index (χ4n) is 3.86. The Morgan fingerprint density at radius 1 is 1.30 bits per heavy atom. The Balaban J connectivity index is 1.82. The Hall–Kier alpha value is -2.45. The van der Waals surface area contributed by atoms with E-state index in [4.69, 9.17) is 17.2 Å². The lowest BCUT2D eigenvalue weighted by molar-refractivity contribution is -0.121. The summed E-state index contributed by atoms with van der Waals surface area (Å²) in [6, 6.07) is 4.06. The summed E-state index contributed by atoms with van der Waals surface area (Å²) in [5.74, 6) is 0.326. The van der Waals surface area contributed by atoms with Gasteiger partial charge >= 0.3 is 0 Å². The van der Waals surface area contributed by atoms with Gasteiger partial charge in [0.05, 0.1) is 10.5 Å². The van der Waals surface area contributed by atoms with Gasteiger partial charge in [0.2, 0.25) is 0 Å². The van der Waals surface area contributed by atoms with E-state index < -0.39 is 0 Å². The van der Waals surface area contributed by atoms with Crippen LogP contribution in [0, 0.1) is 6.92 Å². The first-order chi connectivity index (χ1) is 14.5. The average molecular weight is 441 g/mol. The van der Waals surface area contributed by atoms with Crippen molar-refractivity contribution < 1.29 is 4.79 Å². The maximum absolute atomic E-state index is 13.4. The highest BCUT2D eigenvalue weighted by molar-refractivity contribution is 8.26. The van der Waals surface area contributed by atoms with E-state index in [0.29, 0.717) is 32.8 Å². The molecule has 1 N–H and O–H groups in total. The van der Waals surface area contributed by atoms with Crippen LogP contribution in [0.2, 0.25) is 0 Å². The second-order valence-corrected chi connectivity index (χ2v) is 9.35. The van der Waals surface area contributed by atoms with Crippen molar-refractivity contribution in [2.45, 2.75) is 45.1 Å². The zero-order chi connectivity index (χ0) is 21.3. The van der Waals surface area contributed by atoms with Crippen LogP contribution < -0.4 is 10.9 Å². The molecule has 4 rings (SSSR count). The third-order valence-electron chi connectivity index (χ3n) is 5.41. The molecule has 0 atom stereocenters. The molecule has 1 saturated carbocycles. The van der Waals surface area contributed by atoms with Crippen molar-refractivity contribution in [2.24, 2.45) is 0 Å². The third-order valence-corrected chi connectivity index (χ3v) is 6.79. The largest absolute Gasteiger partial charge is 0.367 e. The van der Waals surface area contributed by atoms with Gasteiger partial charge in [0.15, 0.2) is 0 Å². The number of nitrogens with one attached hydrogen (secondary N) is 1. The minimum Gasteiger partial charge on any atom is -0.367 e. The third kappa shape index (κ3) is 4.06. The van der Waals surface area contributed by atoms with Crippen molar-refractivity contribution >= 4 is 51.7 Å². The topological polar surface area (TPSA) is 66.7 Å². The van der Waals surface area contributed by atoms with E-state index in [-0.39, 0.29) is 17.5 Å². The zero-order valence-corrected chi connectivity index (χ0v) is 18.5. The van der Waals surface area contributed by atoms with Crippen LogP contribution in [-0.2, 0) is 4.79 Å². The molecule has 1 aliphatic carbocycles. The Bertz CT molecular complexity index is 1120. The molecule has 0 bridgehead atoms. The number of hydrogen-bond acceptors (Lipinski definition) is 6. The van der Waals surface area contributed by atoms with Gasteiger partial charge in [-0.15, -0.1) is 6.58 Å². The number of thioether (sulfide) groups is 1. The molecule has 2 aliphatic rings. The highest BCUT2D eigenvalue weighted by Gasteiger charge is 2.32. The molecule has 0 aromatic carbocycles. The van der Waals surface area contributed by atoms with Gasteiger partial charge in [-0.25, -0.2) is 4.98 Å². The highest BCUT2D eigenvalue weighted by atomic mass is 32.2. The molecule has 8 heteroatoms. The average Bonchev–Trinajstić information content (AvgIpc) is 3.00. The molecule has 0 spiro atoms. The summed E-state index contributed by atoms with van der Waals surface area (Å²) in [6.45, 7) is 5.96. The number of rotatable bonds is 5. The first-order valence-corrected chi connectivity index (χ1v) is 11.4. The molecule has 0 unspecified atom stereocenters. The molecule has 30 heavy (non-hydrogen) atoms. The van der Waals surface area contributed by atoms with Gasteiger partial charge in [-0.05, 0) is 37.5 Å². The Morgan fingerprint density at radius 2 is 2.07 bits per heavy atom. The first kappa shape index (κ1) is 20.8. The quantitative estimate of drug-likeness (QED) is 0.428. The number of carbonyl (C=O) groups is 1. The van der Waals surface area contributed by atoms with E-state index in [1.54, 1.807) is 18.3 Å². The van der Waals surface area contributed by atoms with Gasteiger partial charge < -0.3 is 5.32 Å². The van der Waals surface area contributed by atoms with Crippen LogP contribution in [0.15, 0.2) is 40.7 Å². The first-order valence-electron chi connectivity index (χ1n) is 10.1. The molecule has 2 aromatic rings. The predicted octanol–water partition coefficient (Wildman–Crippen LogP) is 4.13. The van der Waals surface area contributed by atoms with E-state index in [2.05, 4.69) is 11.9 Å². The Kier molecular flexibility index (Phi) is 6.06. The van der Waals surface area contributed by atoms with Crippen molar-refractivity contribution in [3.05, 3.63) is 57.4 Å². The summed E-state index contributed by atoms with van der Waals surface area (Å²) < 4.78 is 2.01. The summed E-state index contributed by atoms with van der Waals surface area (Å²) >= 11 is 6.54. The van der Waals surface area contributed by atoms with Crippen LogP contribution in [-0.4, -0.2) is 37.1 Å². The van der Waals surface area contributed by atoms with Gasteiger partial charge in [0, 0.05) is 18.8 Å². The summed E-state index contributed by atoms with van der Waals surface area (Å²) in [4.78, 5) is 32.8. The zero-order valence-electron chi connectivity index (χ0n) is 16.9. The van der Waals surface area contributed by atoms with Crippen molar-refractivity contribution in [1.82, 2.24) is 14.3 Å². The maximum Gasteiger partial charge on any atom is 0.267 e. The van der Waals surface area contributed by atoms with Crippen LogP contribution in [0.5, 0.6) is 0 Å². The number of aromatic nitrogens is 2. The lowest BCUT2D eigenvalue weighted by Crippen LogP contribution is -2.28. The number of anilines is 1. The summed E-state index contributed by atoms with van der Waals surface area (Å²) in [5.41, 5.74) is 1.74. The number of aryl methyl sites for hydroxylation is 1. The standard InChI is InChI=1S/C22H24N4O2S2/c1-3-11-25-21(28)17(30-22(25)29)12-16-19(23-15-7-5-4-6-8-15)24-18-10-9-14(2)13-26(18)20(16)27/h3,9-10,12-13,15,23H,1,4-8,11H2,2H3/b17-12+. The van der Waals surface area contributed by atoms with Crippen LogP contribution in [0.25, 0.3) is 11.7 Å². The number of fused-ring (bicyclic) bond motifs is 1. The van der Waals surface area contributed by atoms with E-state index in [1.807, 2.05) is 19.1 Å². The van der Waals surface area contributed by atoms with E-state index >= 15 is 0 Å². The molecule has 0 radical (unpaired) electrons. The van der Waals surface area contributed by atoms with Gasteiger partial charge in [0.1, 0.15) is 15.8 Å².